The first kappa shape index (κ1) is 19.6. The number of rotatable bonds is 9. The van der Waals surface area contributed by atoms with Crippen molar-refractivity contribution in [2.24, 2.45) is 5.92 Å². The van der Waals surface area contributed by atoms with Crippen LogP contribution in [0, 0.1) is 5.92 Å². The lowest BCUT2D eigenvalue weighted by atomic mass is 9.89. The van der Waals surface area contributed by atoms with Crippen LogP contribution in [-0.4, -0.2) is 58.3 Å². The minimum Gasteiger partial charge on any atom is -0.476 e. The Labute approximate surface area is 162 Å². The maximum atomic E-state index is 12.2. The minimum absolute atomic E-state index is 0.0968. The molecule has 0 radical (unpaired) electrons. The van der Waals surface area contributed by atoms with Crippen LogP contribution in [-0.2, 0) is 4.79 Å². The molecule has 0 bridgehead atoms. The van der Waals surface area contributed by atoms with Crippen molar-refractivity contribution in [3.05, 3.63) is 11.1 Å². The topological polar surface area (TPSA) is 82.5 Å². The molecular formula is C18H27N3O3S2. The van der Waals surface area contributed by atoms with Gasteiger partial charge in [-0.3, -0.25) is 4.79 Å². The van der Waals surface area contributed by atoms with Crippen molar-refractivity contribution in [2.75, 3.05) is 25.4 Å². The molecule has 3 rings (SSSR count). The molecule has 26 heavy (non-hydrogen) atoms. The number of carboxylic acids is 1. The quantitative estimate of drug-likeness (QED) is 0.623. The maximum absolute atomic E-state index is 12.2. The van der Waals surface area contributed by atoms with Crippen molar-refractivity contribution in [3.8, 4) is 0 Å². The van der Waals surface area contributed by atoms with Crippen molar-refractivity contribution in [1.82, 2.24) is 15.2 Å². The zero-order valence-corrected chi connectivity index (χ0v) is 16.6. The van der Waals surface area contributed by atoms with Gasteiger partial charge in [-0.05, 0) is 31.7 Å². The molecule has 144 valence electrons. The van der Waals surface area contributed by atoms with Crippen molar-refractivity contribution < 1.29 is 14.7 Å². The lowest BCUT2D eigenvalue weighted by molar-refractivity contribution is -0.128. The third-order valence-corrected chi connectivity index (χ3v) is 7.25. The third kappa shape index (κ3) is 5.44. The molecule has 2 aliphatic rings. The molecule has 2 fully saturated rings. The van der Waals surface area contributed by atoms with E-state index < -0.39 is 5.97 Å². The number of nitrogens with one attached hydrogen (secondary N) is 1. The van der Waals surface area contributed by atoms with E-state index in [2.05, 4.69) is 10.3 Å². The van der Waals surface area contributed by atoms with Crippen LogP contribution in [0.1, 0.15) is 55.4 Å². The zero-order valence-electron chi connectivity index (χ0n) is 15.0. The Hall–Kier alpha value is -1.12. The fourth-order valence-electron chi connectivity index (χ4n) is 3.81. The van der Waals surface area contributed by atoms with E-state index in [4.69, 9.17) is 5.11 Å². The lowest BCUT2D eigenvalue weighted by Crippen LogP contribution is -2.42. The second-order valence-corrected chi connectivity index (χ2v) is 9.29. The molecule has 1 atom stereocenters. The predicted molar refractivity (Wildman–Crippen MR) is 104 cm³/mol. The standard InChI is InChI=1S/C18H27N3O3S2/c22-16-7-6-14(11-19-10-13-4-2-1-3-5-13)21(16)8-9-25-18-20-15(12-26-18)17(23)24/h12-14,19H,1-11H2,(H,23,24)/t14-/m1/s1. The second-order valence-electron chi connectivity index (χ2n) is 7.09. The van der Waals surface area contributed by atoms with Crippen LogP contribution in [0.3, 0.4) is 0 Å². The van der Waals surface area contributed by atoms with Crippen LogP contribution in [0.5, 0.6) is 0 Å². The van der Waals surface area contributed by atoms with Gasteiger partial charge in [-0.15, -0.1) is 11.3 Å². The Kier molecular flexibility index (Phi) is 7.33. The monoisotopic (exact) mass is 397 g/mol. The van der Waals surface area contributed by atoms with Crippen molar-refractivity contribution >= 4 is 35.0 Å². The van der Waals surface area contributed by atoms with E-state index in [9.17, 15) is 9.59 Å². The van der Waals surface area contributed by atoms with Crippen LogP contribution in [0.4, 0.5) is 0 Å². The van der Waals surface area contributed by atoms with Crippen LogP contribution >= 0.6 is 23.1 Å². The Balaban J connectivity index is 1.39. The fraction of sp³-hybridized carbons (Fsp3) is 0.722. The Morgan fingerprint density at radius 3 is 2.85 bits per heavy atom. The highest BCUT2D eigenvalue weighted by molar-refractivity contribution is 8.01. The first-order chi connectivity index (χ1) is 12.6. The molecule has 0 spiro atoms. The van der Waals surface area contributed by atoms with Gasteiger partial charge >= 0.3 is 5.97 Å². The molecule has 6 nitrogen and oxygen atoms in total. The second kappa shape index (κ2) is 9.71. The number of aromatic nitrogens is 1. The summed E-state index contributed by atoms with van der Waals surface area (Å²) in [6, 6.07) is 0.289. The van der Waals surface area contributed by atoms with E-state index in [0.717, 1.165) is 35.5 Å². The molecular weight excluding hydrogens is 370 g/mol. The molecule has 0 unspecified atom stereocenters. The highest BCUT2D eigenvalue weighted by atomic mass is 32.2. The van der Waals surface area contributed by atoms with E-state index in [1.165, 1.54) is 55.2 Å². The number of likely N-dealkylation sites (tertiary alicyclic amines) is 1. The number of carboxylic acid groups (broad SMARTS) is 1. The molecule has 1 saturated carbocycles. The molecule has 1 aromatic heterocycles. The van der Waals surface area contributed by atoms with Gasteiger partial charge in [0.1, 0.15) is 0 Å². The van der Waals surface area contributed by atoms with Crippen LogP contribution in [0.2, 0.25) is 0 Å². The minimum atomic E-state index is -0.994. The summed E-state index contributed by atoms with van der Waals surface area (Å²) in [6.07, 6.45) is 8.34. The van der Waals surface area contributed by atoms with Gasteiger partial charge in [0.15, 0.2) is 10.0 Å². The summed E-state index contributed by atoms with van der Waals surface area (Å²) in [5.41, 5.74) is 0.0968. The SMILES string of the molecule is O=C(O)c1csc(SCCN2C(=O)CC[C@@H]2CNCC2CCCCC2)n1. The number of amides is 1. The van der Waals surface area contributed by atoms with E-state index in [-0.39, 0.29) is 17.6 Å². The Bertz CT molecular complexity index is 617. The van der Waals surface area contributed by atoms with Gasteiger partial charge in [0.25, 0.3) is 0 Å². The van der Waals surface area contributed by atoms with Crippen LogP contribution in [0.25, 0.3) is 0 Å². The number of thiazole rings is 1. The number of carbonyl (C=O) groups is 2. The molecule has 1 amide bonds. The van der Waals surface area contributed by atoms with Gasteiger partial charge in [-0.1, -0.05) is 31.0 Å². The summed E-state index contributed by atoms with van der Waals surface area (Å²) in [5.74, 6) is 0.794. The smallest absolute Gasteiger partial charge is 0.355 e. The van der Waals surface area contributed by atoms with Crippen LogP contribution in [0.15, 0.2) is 9.72 Å². The first-order valence-electron chi connectivity index (χ1n) is 9.45. The number of nitrogens with zero attached hydrogens (tertiary/aromatic N) is 2. The lowest BCUT2D eigenvalue weighted by Gasteiger charge is -2.27. The summed E-state index contributed by atoms with van der Waals surface area (Å²) in [7, 11) is 0. The highest BCUT2D eigenvalue weighted by Gasteiger charge is 2.30. The summed E-state index contributed by atoms with van der Waals surface area (Å²) in [5, 5.41) is 14.1. The van der Waals surface area contributed by atoms with Crippen molar-refractivity contribution in [3.63, 3.8) is 0 Å². The molecule has 1 aliphatic heterocycles. The first-order valence-corrected chi connectivity index (χ1v) is 11.3. The molecule has 1 aliphatic carbocycles. The number of thioether (sulfide) groups is 1. The number of hydrogen-bond acceptors (Lipinski definition) is 6. The Morgan fingerprint density at radius 1 is 1.31 bits per heavy atom. The summed E-state index contributed by atoms with van der Waals surface area (Å²) >= 11 is 2.87. The van der Waals surface area contributed by atoms with Gasteiger partial charge < -0.3 is 15.3 Å². The molecule has 0 aromatic carbocycles. The number of aromatic carboxylic acids is 1. The van der Waals surface area contributed by atoms with Gasteiger partial charge in [0.2, 0.25) is 5.91 Å². The summed E-state index contributed by atoms with van der Waals surface area (Å²) in [6.45, 7) is 2.65. The van der Waals surface area contributed by atoms with E-state index in [1.807, 2.05) is 4.90 Å². The molecule has 1 aromatic rings. The summed E-state index contributed by atoms with van der Waals surface area (Å²) in [4.78, 5) is 29.1. The van der Waals surface area contributed by atoms with Crippen molar-refractivity contribution in [1.29, 1.82) is 0 Å². The van der Waals surface area contributed by atoms with Crippen LogP contribution < -0.4 is 5.32 Å². The van der Waals surface area contributed by atoms with Gasteiger partial charge in [0, 0.05) is 36.7 Å². The average Bonchev–Trinajstić information content (AvgIpc) is 3.24. The number of carbonyl (C=O) groups excluding carboxylic acids is 1. The van der Waals surface area contributed by atoms with Crippen molar-refractivity contribution in [2.45, 2.75) is 55.3 Å². The highest BCUT2D eigenvalue weighted by Crippen LogP contribution is 2.25. The Morgan fingerprint density at radius 2 is 2.12 bits per heavy atom. The molecule has 2 N–H and O–H groups in total. The van der Waals surface area contributed by atoms with E-state index in [1.54, 1.807) is 5.38 Å². The molecule has 1 saturated heterocycles. The molecule has 8 heteroatoms. The number of hydrogen-bond donors (Lipinski definition) is 2. The van der Waals surface area contributed by atoms with Gasteiger partial charge in [-0.25, -0.2) is 9.78 Å². The summed E-state index contributed by atoms with van der Waals surface area (Å²) < 4.78 is 0.751. The zero-order chi connectivity index (χ0) is 18.4. The third-order valence-electron chi connectivity index (χ3n) is 5.25. The average molecular weight is 398 g/mol. The van der Waals surface area contributed by atoms with Gasteiger partial charge in [0.05, 0.1) is 0 Å². The molecule has 2 heterocycles. The fourth-order valence-corrected chi connectivity index (χ4v) is 5.62. The normalized spacial score (nSPS) is 21.5. The largest absolute Gasteiger partial charge is 0.476 e. The maximum Gasteiger partial charge on any atom is 0.355 e. The predicted octanol–water partition coefficient (Wildman–Crippen LogP) is 3.09. The van der Waals surface area contributed by atoms with Gasteiger partial charge in [-0.2, -0.15) is 0 Å². The van der Waals surface area contributed by atoms with E-state index >= 15 is 0 Å². The van der Waals surface area contributed by atoms with E-state index in [0.29, 0.717) is 13.0 Å².